The second kappa shape index (κ2) is 6.35. The number of ether oxygens (including phenoxy) is 1. The van der Waals surface area contributed by atoms with Crippen LogP contribution in [0.5, 0.6) is 0 Å². The summed E-state index contributed by atoms with van der Waals surface area (Å²) in [5, 5.41) is 12.1. The lowest BCUT2D eigenvalue weighted by Crippen LogP contribution is -2.29. The van der Waals surface area contributed by atoms with Gasteiger partial charge in [-0.1, -0.05) is 0 Å². The van der Waals surface area contributed by atoms with Gasteiger partial charge in [0.25, 0.3) is 0 Å². The molecule has 1 saturated carbocycles. The van der Waals surface area contributed by atoms with E-state index in [1.807, 2.05) is 0 Å². The van der Waals surface area contributed by atoms with Gasteiger partial charge in [0.1, 0.15) is 0 Å². The van der Waals surface area contributed by atoms with Gasteiger partial charge in [0, 0.05) is 18.8 Å². The summed E-state index contributed by atoms with van der Waals surface area (Å²) in [5.41, 5.74) is -0.683. The zero-order chi connectivity index (χ0) is 15.5. The van der Waals surface area contributed by atoms with Crippen LogP contribution in [0.3, 0.4) is 0 Å². The van der Waals surface area contributed by atoms with Gasteiger partial charge in [0.15, 0.2) is 0 Å². The molecule has 21 heavy (non-hydrogen) atoms. The average Bonchev–Trinajstić information content (AvgIpc) is 2.46. The van der Waals surface area contributed by atoms with E-state index >= 15 is 0 Å². The van der Waals surface area contributed by atoms with Gasteiger partial charge in [-0.2, -0.15) is 18.4 Å². The van der Waals surface area contributed by atoms with Gasteiger partial charge in [0.05, 0.1) is 23.3 Å². The molecule has 0 amide bonds. The van der Waals surface area contributed by atoms with E-state index in [2.05, 4.69) is 5.32 Å². The van der Waals surface area contributed by atoms with E-state index in [9.17, 15) is 13.2 Å². The Bertz CT molecular complexity index is 529. The number of nitrogens with one attached hydrogen (secondary N) is 1. The number of rotatable bonds is 3. The zero-order valence-electron chi connectivity index (χ0n) is 11.7. The molecule has 1 aliphatic rings. The third-order valence-corrected chi connectivity index (χ3v) is 3.82. The maximum atomic E-state index is 12.7. The van der Waals surface area contributed by atoms with E-state index < -0.39 is 11.7 Å². The Morgan fingerprint density at radius 1 is 1.24 bits per heavy atom. The Hall–Kier alpha value is -1.74. The first-order valence-corrected chi connectivity index (χ1v) is 6.84. The van der Waals surface area contributed by atoms with Gasteiger partial charge >= 0.3 is 6.18 Å². The maximum Gasteiger partial charge on any atom is 0.417 e. The quantitative estimate of drug-likeness (QED) is 0.919. The Balaban J connectivity index is 2.07. The van der Waals surface area contributed by atoms with E-state index in [-0.39, 0.29) is 17.7 Å². The highest BCUT2D eigenvalue weighted by Gasteiger charge is 2.33. The van der Waals surface area contributed by atoms with Gasteiger partial charge < -0.3 is 10.1 Å². The lowest BCUT2D eigenvalue weighted by Gasteiger charge is -2.29. The van der Waals surface area contributed by atoms with E-state index in [1.54, 1.807) is 13.2 Å². The second-order valence-corrected chi connectivity index (χ2v) is 5.22. The van der Waals surface area contributed by atoms with Crippen molar-refractivity contribution in [2.24, 2.45) is 0 Å². The molecule has 1 aromatic carbocycles. The molecule has 0 unspecified atom stereocenters. The van der Waals surface area contributed by atoms with Crippen LogP contribution in [0, 0.1) is 11.3 Å². The summed E-state index contributed by atoms with van der Waals surface area (Å²) in [7, 11) is 1.69. The van der Waals surface area contributed by atoms with Crippen molar-refractivity contribution < 1.29 is 17.9 Å². The first-order valence-electron chi connectivity index (χ1n) is 6.84. The van der Waals surface area contributed by atoms with Crippen molar-refractivity contribution in [2.45, 2.75) is 44.0 Å². The second-order valence-electron chi connectivity index (χ2n) is 5.22. The average molecular weight is 298 g/mol. The molecule has 114 valence electrons. The maximum absolute atomic E-state index is 12.7. The molecular formula is C15H17F3N2O. The van der Waals surface area contributed by atoms with E-state index in [0.717, 1.165) is 31.7 Å². The number of anilines is 1. The number of benzene rings is 1. The molecule has 1 aromatic rings. The summed E-state index contributed by atoms with van der Waals surface area (Å²) in [6.07, 6.45) is -0.562. The summed E-state index contributed by atoms with van der Waals surface area (Å²) in [5.74, 6) is 0. The highest BCUT2D eigenvalue weighted by molar-refractivity contribution is 5.54. The van der Waals surface area contributed by atoms with Crippen molar-refractivity contribution in [2.75, 3.05) is 12.4 Å². The number of nitriles is 1. The van der Waals surface area contributed by atoms with Crippen molar-refractivity contribution in [3.63, 3.8) is 0 Å². The summed E-state index contributed by atoms with van der Waals surface area (Å²) < 4.78 is 43.5. The van der Waals surface area contributed by atoms with E-state index in [1.165, 1.54) is 12.1 Å². The first-order chi connectivity index (χ1) is 9.94. The fraction of sp³-hybridized carbons (Fsp3) is 0.533. The minimum Gasteiger partial charge on any atom is -0.382 e. The molecule has 0 heterocycles. The molecule has 0 bridgehead atoms. The van der Waals surface area contributed by atoms with Crippen LogP contribution < -0.4 is 5.32 Å². The van der Waals surface area contributed by atoms with Gasteiger partial charge in [-0.15, -0.1) is 0 Å². The fourth-order valence-corrected chi connectivity index (χ4v) is 2.65. The van der Waals surface area contributed by atoms with E-state index in [0.29, 0.717) is 5.69 Å². The Morgan fingerprint density at radius 2 is 1.90 bits per heavy atom. The third-order valence-electron chi connectivity index (χ3n) is 3.82. The van der Waals surface area contributed by atoms with Gasteiger partial charge in [-0.25, -0.2) is 0 Å². The van der Waals surface area contributed by atoms with Crippen LogP contribution in [0.1, 0.15) is 36.8 Å². The number of hydrogen-bond donors (Lipinski definition) is 1. The van der Waals surface area contributed by atoms with Crippen LogP contribution in [-0.4, -0.2) is 19.3 Å². The molecule has 0 spiro atoms. The molecule has 0 aromatic heterocycles. The molecular weight excluding hydrogens is 281 g/mol. The highest BCUT2D eigenvalue weighted by atomic mass is 19.4. The number of hydrogen-bond acceptors (Lipinski definition) is 3. The van der Waals surface area contributed by atoms with E-state index in [4.69, 9.17) is 10.00 Å². The number of methoxy groups -OCH3 is 1. The van der Waals surface area contributed by atoms with Crippen molar-refractivity contribution in [1.82, 2.24) is 0 Å². The predicted octanol–water partition coefficient (Wildman–Crippen LogP) is 3.95. The first kappa shape index (κ1) is 15.6. The largest absolute Gasteiger partial charge is 0.417 e. The molecule has 1 aliphatic carbocycles. The monoisotopic (exact) mass is 298 g/mol. The number of alkyl halides is 3. The summed E-state index contributed by atoms with van der Waals surface area (Å²) in [4.78, 5) is 0. The van der Waals surface area contributed by atoms with Gasteiger partial charge in [0.2, 0.25) is 0 Å². The molecule has 0 aliphatic heterocycles. The van der Waals surface area contributed by atoms with Crippen LogP contribution in [-0.2, 0) is 10.9 Å². The minimum absolute atomic E-state index is 0.208. The lowest BCUT2D eigenvalue weighted by molar-refractivity contribution is -0.137. The molecule has 0 radical (unpaired) electrons. The summed E-state index contributed by atoms with van der Waals surface area (Å²) in [6.45, 7) is 0. The van der Waals surface area contributed by atoms with Crippen LogP contribution in [0.2, 0.25) is 0 Å². The number of halogens is 3. The number of nitrogens with zero attached hydrogens (tertiary/aromatic N) is 1. The Labute approximate surface area is 121 Å². The van der Waals surface area contributed by atoms with Crippen LogP contribution in [0.4, 0.5) is 18.9 Å². The van der Waals surface area contributed by atoms with Crippen molar-refractivity contribution in [3.8, 4) is 6.07 Å². The fourth-order valence-electron chi connectivity index (χ4n) is 2.65. The summed E-state index contributed by atoms with van der Waals surface area (Å²) >= 11 is 0. The molecule has 2 rings (SSSR count). The van der Waals surface area contributed by atoms with Crippen LogP contribution in [0.15, 0.2) is 18.2 Å². The standard InChI is InChI=1S/C15H17F3N2O/c1-21-13-5-2-11(3-6-13)20-12-4-7-14(15(16,17)18)10(8-12)9-19/h4,7-8,11,13,20H,2-3,5-6H2,1H3. The normalized spacial score (nSPS) is 22.6. The summed E-state index contributed by atoms with van der Waals surface area (Å²) in [6, 6.07) is 5.43. The highest BCUT2D eigenvalue weighted by Crippen LogP contribution is 2.33. The SMILES string of the molecule is COC1CCC(Nc2ccc(C(F)(F)F)c(C#N)c2)CC1. The molecule has 0 atom stereocenters. The van der Waals surface area contributed by atoms with Gasteiger partial charge in [-0.05, 0) is 43.9 Å². The molecule has 1 N–H and O–H groups in total. The Kier molecular flexibility index (Phi) is 4.73. The molecule has 1 fully saturated rings. The molecule has 0 saturated heterocycles. The van der Waals surface area contributed by atoms with Crippen molar-refractivity contribution in [1.29, 1.82) is 5.26 Å². The zero-order valence-corrected chi connectivity index (χ0v) is 11.7. The molecule has 3 nitrogen and oxygen atoms in total. The third kappa shape index (κ3) is 3.88. The minimum atomic E-state index is -4.50. The van der Waals surface area contributed by atoms with Crippen LogP contribution >= 0.6 is 0 Å². The molecule has 6 heteroatoms. The van der Waals surface area contributed by atoms with Crippen molar-refractivity contribution >= 4 is 5.69 Å². The van der Waals surface area contributed by atoms with Crippen molar-refractivity contribution in [3.05, 3.63) is 29.3 Å². The Morgan fingerprint density at radius 3 is 2.43 bits per heavy atom. The van der Waals surface area contributed by atoms with Crippen LogP contribution in [0.25, 0.3) is 0 Å². The topological polar surface area (TPSA) is 45.0 Å². The lowest BCUT2D eigenvalue weighted by atomic mass is 9.92. The smallest absolute Gasteiger partial charge is 0.382 e. The van der Waals surface area contributed by atoms with Gasteiger partial charge in [-0.3, -0.25) is 0 Å². The predicted molar refractivity (Wildman–Crippen MR) is 72.8 cm³/mol.